The zero-order valence-electron chi connectivity index (χ0n) is 12.2. The Labute approximate surface area is 136 Å². The lowest BCUT2D eigenvalue weighted by Gasteiger charge is -1.97. The van der Waals surface area contributed by atoms with Crippen LogP contribution in [-0.2, 0) is 6.42 Å². The highest BCUT2D eigenvalue weighted by Crippen LogP contribution is 2.24. The van der Waals surface area contributed by atoms with E-state index in [4.69, 9.17) is 20.5 Å². The summed E-state index contributed by atoms with van der Waals surface area (Å²) in [6.45, 7) is 1.86. The van der Waals surface area contributed by atoms with Gasteiger partial charge in [-0.3, -0.25) is 0 Å². The van der Waals surface area contributed by atoms with Gasteiger partial charge in [0.25, 0.3) is 5.71 Å². The largest absolute Gasteiger partial charge is 0.420 e. The Morgan fingerprint density at radius 1 is 1.13 bits per heavy atom. The summed E-state index contributed by atoms with van der Waals surface area (Å²) in [5, 5.41) is 13.6. The number of benzene rings is 1. The number of aromatic nitrogens is 4. The fourth-order valence-electron chi connectivity index (χ4n) is 2.28. The van der Waals surface area contributed by atoms with Crippen LogP contribution in [0.3, 0.4) is 0 Å². The lowest BCUT2D eigenvalue weighted by atomic mass is 10.1. The van der Waals surface area contributed by atoms with Gasteiger partial charge in [-0.05, 0) is 30.7 Å². The van der Waals surface area contributed by atoms with Crippen molar-refractivity contribution in [2.45, 2.75) is 13.3 Å². The number of hydrogen-bond acceptors (Lipinski definition) is 6. The summed E-state index contributed by atoms with van der Waals surface area (Å²) < 4.78 is 10.8. The van der Waals surface area contributed by atoms with Crippen LogP contribution in [0, 0.1) is 6.92 Å². The number of nitrogens with zero attached hydrogens (tertiary/aromatic N) is 4. The number of pyridine rings is 1. The molecule has 0 atom stereocenters. The maximum absolute atomic E-state index is 5.88. The van der Waals surface area contributed by atoms with E-state index in [-0.39, 0.29) is 0 Å². The third-order valence-electron chi connectivity index (χ3n) is 3.49. The minimum atomic E-state index is 0.420. The molecule has 114 valence electrons. The van der Waals surface area contributed by atoms with Crippen LogP contribution in [0.4, 0.5) is 0 Å². The zero-order chi connectivity index (χ0) is 15.8. The summed E-state index contributed by atoms with van der Waals surface area (Å²) in [5.74, 6) is 0.952. The van der Waals surface area contributed by atoms with E-state index in [1.165, 1.54) is 0 Å². The monoisotopic (exact) mass is 326 g/mol. The lowest BCUT2D eigenvalue weighted by Crippen LogP contribution is -1.87. The number of aryl methyl sites for hydroxylation is 1. The van der Waals surface area contributed by atoms with Gasteiger partial charge in [-0.15, -0.1) is 10.2 Å². The molecule has 1 aromatic carbocycles. The molecule has 0 bridgehead atoms. The first-order chi connectivity index (χ1) is 11.2. The number of rotatable bonds is 3. The van der Waals surface area contributed by atoms with E-state index < -0.39 is 0 Å². The van der Waals surface area contributed by atoms with E-state index in [0.717, 1.165) is 22.2 Å². The molecular formula is C16H11ClN4O2. The van der Waals surface area contributed by atoms with E-state index >= 15 is 0 Å². The first kappa shape index (κ1) is 13.9. The second-order valence-electron chi connectivity index (χ2n) is 5.15. The highest BCUT2D eigenvalue weighted by atomic mass is 35.5. The Bertz CT molecular complexity index is 975. The van der Waals surface area contributed by atoms with Crippen molar-refractivity contribution in [3.8, 4) is 11.5 Å². The molecule has 4 rings (SSSR count). The van der Waals surface area contributed by atoms with E-state index in [0.29, 0.717) is 28.9 Å². The number of fused-ring (bicyclic) bond motifs is 1. The molecule has 3 aromatic heterocycles. The van der Waals surface area contributed by atoms with Gasteiger partial charge in [0.1, 0.15) is 0 Å². The minimum Gasteiger partial charge on any atom is -0.420 e. The minimum absolute atomic E-state index is 0.420. The van der Waals surface area contributed by atoms with Crippen molar-refractivity contribution in [3.05, 3.63) is 58.7 Å². The summed E-state index contributed by atoms with van der Waals surface area (Å²) in [6.07, 6.45) is 2.18. The van der Waals surface area contributed by atoms with Crippen LogP contribution in [0.1, 0.15) is 17.1 Å². The summed E-state index contributed by atoms with van der Waals surface area (Å²) >= 11 is 5.88. The van der Waals surface area contributed by atoms with Crippen LogP contribution in [0.25, 0.3) is 22.6 Å². The molecule has 4 aromatic rings. The standard InChI is InChI=1S/C16H11ClN4O2/c1-9-13-7-11(8-18-16(13)23-21-9)15-20-19-14(22-15)6-10-2-4-12(17)5-3-10/h2-5,7-8H,6H2,1H3. The van der Waals surface area contributed by atoms with E-state index in [1.807, 2.05) is 37.3 Å². The van der Waals surface area contributed by atoms with Gasteiger partial charge in [0.15, 0.2) is 0 Å². The van der Waals surface area contributed by atoms with E-state index in [2.05, 4.69) is 20.3 Å². The van der Waals surface area contributed by atoms with Crippen LogP contribution in [0.5, 0.6) is 0 Å². The van der Waals surface area contributed by atoms with E-state index in [9.17, 15) is 0 Å². The molecule has 3 heterocycles. The normalized spacial score (nSPS) is 11.2. The van der Waals surface area contributed by atoms with Gasteiger partial charge in [0.2, 0.25) is 11.8 Å². The summed E-state index contributed by atoms with van der Waals surface area (Å²) in [6, 6.07) is 9.41. The third-order valence-corrected chi connectivity index (χ3v) is 3.74. The molecule has 0 saturated carbocycles. The van der Waals surface area contributed by atoms with Crippen molar-refractivity contribution in [2.75, 3.05) is 0 Å². The highest BCUT2D eigenvalue weighted by Gasteiger charge is 2.13. The molecule has 0 saturated heterocycles. The summed E-state index contributed by atoms with van der Waals surface area (Å²) in [7, 11) is 0. The molecule has 0 aliphatic carbocycles. The molecule has 0 unspecified atom stereocenters. The van der Waals surface area contributed by atoms with Crippen molar-refractivity contribution in [3.63, 3.8) is 0 Å². The predicted molar refractivity (Wildman–Crippen MR) is 84.1 cm³/mol. The van der Waals surface area contributed by atoms with Crippen molar-refractivity contribution >= 4 is 22.7 Å². The fraction of sp³-hybridized carbons (Fsp3) is 0.125. The van der Waals surface area contributed by atoms with Crippen molar-refractivity contribution in [1.29, 1.82) is 0 Å². The van der Waals surface area contributed by atoms with Gasteiger partial charge in [-0.25, -0.2) is 4.98 Å². The first-order valence-electron chi connectivity index (χ1n) is 6.98. The second kappa shape index (κ2) is 5.48. The molecule has 0 radical (unpaired) electrons. The smallest absolute Gasteiger partial charge is 0.257 e. The second-order valence-corrected chi connectivity index (χ2v) is 5.59. The summed E-state index contributed by atoms with van der Waals surface area (Å²) in [5.41, 5.74) is 3.05. The van der Waals surface area contributed by atoms with Crippen LogP contribution >= 0.6 is 11.6 Å². The number of halogens is 1. The third kappa shape index (κ3) is 2.68. The van der Waals surface area contributed by atoms with Gasteiger partial charge >= 0.3 is 0 Å². The maximum Gasteiger partial charge on any atom is 0.257 e. The van der Waals surface area contributed by atoms with Crippen LogP contribution in [-0.4, -0.2) is 20.3 Å². The molecule has 0 N–H and O–H groups in total. The molecule has 0 amide bonds. The topological polar surface area (TPSA) is 77.8 Å². The van der Waals surface area contributed by atoms with Crippen molar-refractivity contribution in [1.82, 2.24) is 20.3 Å². The molecule has 7 heteroatoms. The average Bonchev–Trinajstić information content (AvgIpc) is 3.17. The van der Waals surface area contributed by atoms with E-state index in [1.54, 1.807) is 6.20 Å². The highest BCUT2D eigenvalue weighted by molar-refractivity contribution is 6.30. The molecule has 0 spiro atoms. The molecular weight excluding hydrogens is 316 g/mol. The van der Waals surface area contributed by atoms with Gasteiger partial charge in [-0.1, -0.05) is 28.9 Å². The Morgan fingerprint density at radius 2 is 1.96 bits per heavy atom. The van der Waals surface area contributed by atoms with Crippen LogP contribution < -0.4 is 0 Å². The van der Waals surface area contributed by atoms with Crippen molar-refractivity contribution in [2.24, 2.45) is 0 Å². The first-order valence-corrected chi connectivity index (χ1v) is 7.36. The molecule has 23 heavy (non-hydrogen) atoms. The van der Waals surface area contributed by atoms with Crippen molar-refractivity contribution < 1.29 is 8.94 Å². The lowest BCUT2D eigenvalue weighted by molar-refractivity contribution is 0.443. The predicted octanol–water partition coefficient (Wildman–Crippen LogP) is 3.83. The van der Waals surface area contributed by atoms with Gasteiger partial charge in [0.05, 0.1) is 23.1 Å². The molecule has 0 aliphatic rings. The van der Waals surface area contributed by atoms with Crippen LogP contribution in [0.2, 0.25) is 5.02 Å². The fourth-order valence-corrected chi connectivity index (χ4v) is 2.41. The average molecular weight is 327 g/mol. The quantitative estimate of drug-likeness (QED) is 0.569. The Hall–Kier alpha value is -2.73. The maximum atomic E-state index is 5.88. The van der Waals surface area contributed by atoms with Gasteiger partial charge < -0.3 is 8.94 Å². The van der Waals surface area contributed by atoms with Gasteiger partial charge in [0, 0.05) is 11.2 Å². The Balaban J connectivity index is 1.63. The van der Waals surface area contributed by atoms with Crippen LogP contribution in [0.15, 0.2) is 45.5 Å². The SMILES string of the molecule is Cc1noc2ncc(-c3nnc(Cc4ccc(Cl)cc4)o3)cc12. The van der Waals surface area contributed by atoms with Gasteiger partial charge in [-0.2, -0.15) is 0 Å². The Kier molecular flexibility index (Phi) is 3.31. The Morgan fingerprint density at radius 3 is 2.78 bits per heavy atom. The molecule has 0 aliphatic heterocycles. The molecule has 0 fully saturated rings. The summed E-state index contributed by atoms with van der Waals surface area (Å²) in [4.78, 5) is 4.21. The number of hydrogen-bond donors (Lipinski definition) is 0. The molecule has 6 nitrogen and oxygen atoms in total. The zero-order valence-corrected chi connectivity index (χ0v) is 12.9.